The van der Waals surface area contributed by atoms with Crippen LogP contribution in [0.5, 0.6) is 0 Å². The molecule has 0 atom stereocenters. The molecular formula is C26H21N2O2P. The largest absolute Gasteiger partial charge is 0.478 e. The summed E-state index contributed by atoms with van der Waals surface area (Å²) in [7, 11) is -2.45. The minimum atomic E-state index is -2.45. The number of rotatable bonds is 6. The molecule has 0 unspecified atom stereocenters. The molecule has 0 aliphatic heterocycles. The highest BCUT2D eigenvalue weighted by Crippen LogP contribution is 2.49. The second-order valence-electron chi connectivity index (χ2n) is 6.85. The van der Waals surface area contributed by atoms with Crippen molar-refractivity contribution in [3.8, 4) is 0 Å². The summed E-state index contributed by atoms with van der Waals surface area (Å²) in [6.45, 7) is 0. The van der Waals surface area contributed by atoms with E-state index in [-0.39, 0.29) is 0 Å². The Hall–Kier alpha value is -3.75. The summed E-state index contributed by atoms with van der Waals surface area (Å²) >= 11 is 0. The first-order valence-electron chi connectivity index (χ1n) is 9.84. The van der Waals surface area contributed by atoms with Crippen LogP contribution < -0.4 is 15.9 Å². The van der Waals surface area contributed by atoms with Gasteiger partial charge in [-0.15, -0.1) is 0 Å². The van der Waals surface area contributed by atoms with E-state index in [0.717, 1.165) is 22.0 Å². The second kappa shape index (κ2) is 9.38. The predicted molar refractivity (Wildman–Crippen MR) is 128 cm³/mol. The molecule has 0 aliphatic carbocycles. The van der Waals surface area contributed by atoms with Gasteiger partial charge < -0.3 is 5.11 Å². The van der Waals surface area contributed by atoms with Crippen LogP contribution in [0.4, 0.5) is 5.69 Å². The number of carboxylic acid groups (broad SMARTS) is 1. The summed E-state index contributed by atoms with van der Waals surface area (Å²) in [6, 6.07) is 32.6. The fraction of sp³-hybridized carbons (Fsp3) is 0. The van der Waals surface area contributed by atoms with E-state index in [1.54, 1.807) is 24.5 Å². The Morgan fingerprint density at radius 2 is 1.26 bits per heavy atom. The minimum Gasteiger partial charge on any atom is -0.478 e. The maximum absolute atomic E-state index is 11.1. The number of carboxylic acids is 1. The number of benzene rings is 3. The van der Waals surface area contributed by atoms with Gasteiger partial charge in [-0.3, -0.25) is 9.73 Å². The van der Waals surface area contributed by atoms with Gasteiger partial charge in [0.05, 0.1) is 18.9 Å². The van der Waals surface area contributed by atoms with Crippen molar-refractivity contribution >= 4 is 40.7 Å². The molecule has 0 radical (unpaired) electrons. The summed E-state index contributed by atoms with van der Waals surface area (Å²) in [5.74, 6) is -1.00. The lowest BCUT2D eigenvalue weighted by molar-refractivity contribution is -0.131. The first-order chi connectivity index (χ1) is 15.2. The number of pyridine rings is 1. The zero-order valence-corrected chi connectivity index (χ0v) is 17.6. The number of aliphatic carboxylic acids is 1. The third-order valence-corrected chi connectivity index (χ3v) is 8.54. The Balaban J connectivity index is 2.11. The average Bonchev–Trinajstić information content (AvgIpc) is 2.83. The van der Waals surface area contributed by atoms with Gasteiger partial charge in [0.2, 0.25) is 0 Å². The van der Waals surface area contributed by atoms with Crippen LogP contribution in [0.3, 0.4) is 0 Å². The lowest BCUT2D eigenvalue weighted by atomic mass is 10.2. The van der Waals surface area contributed by atoms with E-state index in [2.05, 4.69) is 41.4 Å². The van der Waals surface area contributed by atoms with Crippen LogP contribution in [-0.4, -0.2) is 16.1 Å². The Bertz CT molecular complexity index is 1150. The van der Waals surface area contributed by atoms with Crippen molar-refractivity contribution in [1.29, 1.82) is 0 Å². The summed E-state index contributed by atoms with van der Waals surface area (Å²) in [5.41, 5.74) is 1.37. The summed E-state index contributed by atoms with van der Waals surface area (Å²) in [4.78, 5) is 15.4. The van der Waals surface area contributed by atoms with Gasteiger partial charge in [0, 0.05) is 33.7 Å². The second-order valence-corrected chi connectivity index (χ2v) is 9.87. The molecule has 5 heteroatoms. The molecule has 0 fully saturated rings. The standard InChI is InChI=1S/C26H21N2O2P/c29-26(30)17-16-21-18-19-27-20-25(21)28-31(22-10-4-1-5-11-22,23-12-6-2-7-13-23)24-14-8-3-9-15-24/h1-20H,(H,29,30). The van der Waals surface area contributed by atoms with Gasteiger partial charge in [0.15, 0.2) is 0 Å². The van der Waals surface area contributed by atoms with Gasteiger partial charge >= 0.3 is 5.97 Å². The van der Waals surface area contributed by atoms with E-state index in [9.17, 15) is 4.79 Å². The molecular weight excluding hydrogens is 403 g/mol. The molecule has 4 nitrogen and oxygen atoms in total. The third-order valence-electron chi connectivity index (χ3n) is 4.89. The van der Waals surface area contributed by atoms with Crippen molar-refractivity contribution in [3.05, 3.63) is 121 Å². The van der Waals surface area contributed by atoms with E-state index >= 15 is 0 Å². The Labute approximate surface area is 181 Å². The highest BCUT2D eigenvalue weighted by molar-refractivity contribution is 7.87. The SMILES string of the molecule is O=C(O)C=Cc1ccncc1N=P(c1ccccc1)(c1ccccc1)c1ccccc1. The topological polar surface area (TPSA) is 62.5 Å². The van der Waals surface area contributed by atoms with Crippen molar-refractivity contribution < 1.29 is 9.90 Å². The van der Waals surface area contributed by atoms with Gasteiger partial charge in [0.25, 0.3) is 0 Å². The van der Waals surface area contributed by atoms with Crippen LogP contribution in [-0.2, 0) is 4.79 Å². The molecule has 1 aromatic heterocycles. The lowest BCUT2D eigenvalue weighted by Crippen LogP contribution is -2.25. The van der Waals surface area contributed by atoms with Gasteiger partial charge in [-0.05, 0) is 12.1 Å². The van der Waals surface area contributed by atoms with Gasteiger partial charge in [-0.2, -0.15) is 0 Å². The van der Waals surface area contributed by atoms with E-state index in [1.807, 2.05) is 54.6 Å². The molecule has 0 spiro atoms. The molecule has 3 aromatic carbocycles. The molecule has 4 rings (SSSR count). The van der Waals surface area contributed by atoms with Crippen LogP contribution >= 0.6 is 7.05 Å². The molecule has 31 heavy (non-hydrogen) atoms. The zero-order valence-electron chi connectivity index (χ0n) is 16.7. The van der Waals surface area contributed by atoms with Gasteiger partial charge in [0.1, 0.15) is 0 Å². The van der Waals surface area contributed by atoms with Crippen LogP contribution in [0.25, 0.3) is 6.08 Å². The molecule has 0 amide bonds. The number of aromatic nitrogens is 1. The van der Waals surface area contributed by atoms with Gasteiger partial charge in [-0.25, -0.2) is 4.79 Å². The van der Waals surface area contributed by atoms with E-state index in [0.29, 0.717) is 11.3 Å². The van der Waals surface area contributed by atoms with Crippen molar-refractivity contribution in [1.82, 2.24) is 4.98 Å². The Morgan fingerprint density at radius 1 is 0.774 bits per heavy atom. The smallest absolute Gasteiger partial charge is 0.328 e. The fourth-order valence-electron chi connectivity index (χ4n) is 3.50. The Morgan fingerprint density at radius 3 is 1.71 bits per heavy atom. The highest BCUT2D eigenvalue weighted by atomic mass is 31.2. The first-order valence-corrected chi connectivity index (χ1v) is 11.6. The van der Waals surface area contributed by atoms with E-state index < -0.39 is 13.0 Å². The zero-order chi connectivity index (χ0) is 21.5. The maximum Gasteiger partial charge on any atom is 0.328 e. The molecule has 1 N–H and O–H groups in total. The average molecular weight is 424 g/mol. The Kier molecular flexibility index (Phi) is 6.21. The van der Waals surface area contributed by atoms with Crippen molar-refractivity contribution in [2.75, 3.05) is 0 Å². The monoisotopic (exact) mass is 424 g/mol. The van der Waals surface area contributed by atoms with Crippen LogP contribution in [0, 0.1) is 0 Å². The molecule has 0 aliphatic rings. The molecule has 4 aromatic rings. The first kappa shape index (κ1) is 20.5. The summed E-state index contributed by atoms with van der Waals surface area (Å²) in [6.07, 6.45) is 6.04. The van der Waals surface area contributed by atoms with Crippen LogP contribution in [0.15, 0.2) is 120 Å². The predicted octanol–water partition coefficient (Wildman–Crippen LogP) is 4.99. The van der Waals surface area contributed by atoms with Crippen molar-refractivity contribution in [3.63, 3.8) is 0 Å². The van der Waals surface area contributed by atoms with E-state index in [1.165, 1.54) is 0 Å². The number of nitrogens with zero attached hydrogens (tertiary/aromatic N) is 2. The van der Waals surface area contributed by atoms with Crippen LogP contribution in [0.1, 0.15) is 5.56 Å². The van der Waals surface area contributed by atoms with E-state index in [4.69, 9.17) is 9.85 Å². The van der Waals surface area contributed by atoms with Crippen molar-refractivity contribution in [2.24, 2.45) is 4.74 Å². The highest BCUT2D eigenvalue weighted by Gasteiger charge is 2.27. The summed E-state index contributed by atoms with van der Waals surface area (Å²) < 4.78 is 5.38. The quantitative estimate of drug-likeness (QED) is 0.350. The normalized spacial score (nSPS) is 11.4. The molecule has 0 saturated carbocycles. The van der Waals surface area contributed by atoms with Crippen molar-refractivity contribution in [2.45, 2.75) is 0 Å². The van der Waals surface area contributed by atoms with Gasteiger partial charge in [-0.1, -0.05) is 91.0 Å². The number of carbonyl (C=O) groups is 1. The maximum atomic E-state index is 11.1. The third kappa shape index (κ3) is 4.40. The lowest BCUT2D eigenvalue weighted by Gasteiger charge is -2.27. The minimum absolute atomic E-state index is 0.657. The molecule has 152 valence electrons. The fourth-order valence-corrected chi connectivity index (χ4v) is 7.04. The van der Waals surface area contributed by atoms with Crippen LogP contribution in [0.2, 0.25) is 0 Å². The molecule has 0 bridgehead atoms. The number of hydrogen-bond acceptors (Lipinski definition) is 3. The molecule has 0 saturated heterocycles. The number of hydrogen-bond donors (Lipinski definition) is 1. The molecule has 1 heterocycles. The summed E-state index contributed by atoms with van der Waals surface area (Å²) in [5, 5.41) is 12.5.